The standard InChI is InChI=1S/C14H24N2OS/c1-3-14(4-2)9-11(5-7-17-14)16-10-13-12(15)6-8-18-13/h6,8,11,16H,3-5,7,9-10,15H2,1-2H3. The fraction of sp³-hybridized carbons (Fsp3) is 0.714. The Hall–Kier alpha value is -0.580. The van der Waals surface area contributed by atoms with Crippen LogP contribution in [0.1, 0.15) is 44.4 Å². The van der Waals surface area contributed by atoms with Crippen molar-refractivity contribution in [1.29, 1.82) is 0 Å². The largest absolute Gasteiger partial charge is 0.398 e. The molecule has 2 heterocycles. The van der Waals surface area contributed by atoms with Gasteiger partial charge in [0.15, 0.2) is 0 Å². The number of nitrogens with two attached hydrogens (primary N) is 1. The minimum atomic E-state index is 0.0942. The molecule has 1 aliphatic rings. The van der Waals surface area contributed by atoms with Crippen molar-refractivity contribution in [3.05, 3.63) is 16.3 Å². The molecule has 0 aromatic carbocycles. The number of nitrogen functional groups attached to an aromatic ring is 1. The van der Waals surface area contributed by atoms with Crippen molar-refractivity contribution in [2.24, 2.45) is 0 Å². The van der Waals surface area contributed by atoms with Crippen LogP contribution in [0.25, 0.3) is 0 Å². The van der Waals surface area contributed by atoms with E-state index in [4.69, 9.17) is 10.5 Å². The van der Waals surface area contributed by atoms with E-state index in [1.54, 1.807) is 11.3 Å². The molecule has 0 bridgehead atoms. The summed E-state index contributed by atoms with van der Waals surface area (Å²) in [5, 5.41) is 5.69. The molecule has 0 saturated carbocycles. The summed E-state index contributed by atoms with van der Waals surface area (Å²) in [6.45, 7) is 6.21. The Bertz CT molecular complexity index is 374. The van der Waals surface area contributed by atoms with E-state index in [1.807, 2.05) is 6.07 Å². The average molecular weight is 268 g/mol. The van der Waals surface area contributed by atoms with Gasteiger partial charge in [-0.05, 0) is 37.1 Å². The molecule has 0 radical (unpaired) electrons. The van der Waals surface area contributed by atoms with E-state index in [0.717, 1.165) is 44.5 Å². The summed E-state index contributed by atoms with van der Waals surface area (Å²) in [5.74, 6) is 0. The van der Waals surface area contributed by atoms with E-state index in [-0.39, 0.29) is 5.60 Å². The maximum absolute atomic E-state index is 5.99. The predicted octanol–water partition coefficient (Wildman–Crippen LogP) is 3.16. The number of hydrogen-bond donors (Lipinski definition) is 2. The highest BCUT2D eigenvalue weighted by Crippen LogP contribution is 2.31. The van der Waals surface area contributed by atoms with Crippen LogP contribution in [0.15, 0.2) is 11.4 Å². The summed E-state index contributed by atoms with van der Waals surface area (Å²) >= 11 is 1.73. The fourth-order valence-corrected chi connectivity index (χ4v) is 3.43. The monoisotopic (exact) mass is 268 g/mol. The van der Waals surface area contributed by atoms with Crippen molar-refractivity contribution in [3.8, 4) is 0 Å². The second-order valence-corrected chi connectivity index (χ2v) is 6.11. The Kier molecular flexibility index (Phi) is 4.65. The molecule has 1 saturated heterocycles. The molecular formula is C14H24N2OS. The van der Waals surface area contributed by atoms with Crippen LogP contribution < -0.4 is 11.1 Å². The van der Waals surface area contributed by atoms with Gasteiger partial charge in [0, 0.05) is 29.8 Å². The molecule has 18 heavy (non-hydrogen) atoms. The van der Waals surface area contributed by atoms with E-state index < -0.39 is 0 Å². The smallest absolute Gasteiger partial charge is 0.0692 e. The van der Waals surface area contributed by atoms with Crippen LogP contribution in [0.4, 0.5) is 5.69 Å². The number of rotatable bonds is 5. The van der Waals surface area contributed by atoms with Gasteiger partial charge in [-0.15, -0.1) is 11.3 Å². The van der Waals surface area contributed by atoms with E-state index in [2.05, 4.69) is 24.5 Å². The minimum Gasteiger partial charge on any atom is -0.398 e. The summed E-state index contributed by atoms with van der Waals surface area (Å²) in [6.07, 6.45) is 4.42. The Morgan fingerprint density at radius 1 is 1.50 bits per heavy atom. The number of hydrogen-bond acceptors (Lipinski definition) is 4. The van der Waals surface area contributed by atoms with E-state index >= 15 is 0 Å². The molecule has 1 aromatic rings. The van der Waals surface area contributed by atoms with Crippen LogP contribution >= 0.6 is 11.3 Å². The molecule has 3 N–H and O–H groups in total. The van der Waals surface area contributed by atoms with Crippen LogP contribution in [-0.4, -0.2) is 18.2 Å². The normalized spacial score (nSPS) is 23.1. The van der Waals surface area contributed by atoms with Gasteiger partial charge >= 0.3 is 0 Å². The fourth-order valence-electron chi connectivity index (χ4n) is 2.68. The lowest BCUT2D eigenvalue weighted by Crippen LogP contribution is -2.46. The Labute approximate surface area is 114 Å². The first-order chi connectivity index (χ1) is 8.69. The molecule has 102 valence electrons. The topological polar surface area (TPSA) is 47.3 Å². The molecular weight excluding hydrogens is 244 g/mol. The van der Waals surface area contributed by atoms with Gasteiger partial charge in [0.2, 0.25) is 0 Å². The predicted molar refractivity (Wildman–Crippen MR) is 77.9 cm³/mol. The van der Waals surface area contributed by atoms with Crippen LogP contribution in [0, 0.1) is 0 Å². The molecule has 1 aromatic heterocycles. The van der Waals surface area contributed by atoms with E-state index in [0.29, 0.717) is 6.04 Å². The zero-order chi connectivity index (χ0) is 13.0. The summed E-state index contributed by atoms with van der Waals surface area (Å²) in [5.41, 5.74) is 6.92. The third-order valence-electron chi connectivity index (χ3n) is 4.11. The first kappa shape index (κ1) is 13.8. The summed E-state index contributed by atoms with van der Waals surface area (Å²) in [4.78, 5) is 1.25. The van der Waals surface area contributed by atoms with Crippen LogP contribution in [-0.2, 0) is 11.3 Å². The third kappa shape index (κ3) is 3.05. The zero-order valence-corrected chi connectivity index (χ0v) is 12.2. The zero-order valence-electron chi connectivity index (χ0n) is 11.4. The number of ether oxygens (including phenoxy) is 1. The van der Waals surface area contributed by atoms with Crippen LogP contribution in [0.5, 0.6) is 0 Å². The van der Waals surface area contributed by atoms with Gasteiger partial charge in [-0.1, -0.05) is 13.8 Å². The summed E-state index contributed by atoms with van der Waals surface area (Å²) in [7, 11) is 0. The summed E-state index contributed by atoms with van der Waals surface area (Å²) < 4.78 is 5.99. The average Bonchev–Trinajstić information content (AvgIpc) is 2.82. The highest BCUT2D eigenvalue weighted by atomic mass is 32.1. The van der Waals surface area contributed by atoms with Gasteiger partial charge in [-0.2, -0.15) is 0 Å². The lowest BCUT2D eigenvalue weighted by atomic mass is 9.86. The van der Waals surface area contributed by atoms with Gasteiger partial charge in [-0.25, -0.2) is 0 Å². The third-order valence-corrected chi connectivity index (χ3v) is 5.05. The summed E-state index contributed by atoms with van der Waals surface area (Å²) in [6, 6.07) is 2.54. The molecule has 3 nitrogen and oxygen atoms in total. The maximum atomic E-state index is 5.99. The lowest BCUT2D eigenvalue weighted by Gasteiger charge is -2.40. The molecule has 0 aliphatic carbocycles. The Morgan fingerprint density at radius 3 is 2.89 bits per heavy atom. The highest BCUT2D eigenvalue weighted by molar-refractivity contribution is 7.10. The maximum Gasteiger partial charge on any atom is 0.0692 e. The first-order valence-corrected chi connectivity index (χ1v) is 7.76. The van der Waals surface area contributed by atoms with Crippen molar-refractivity contribution in [2.75, 3.05) is 12.3 Å². The number of nitrogens with one attached hydrogen (secondary N) is 1. The van der Waals surface area contributed by atoms with E-state index in [1.165, 1.54) is 4.88 Å². The number of anilines is 1. The molecule has 0 spiro atoms. The van der Waals surface area contributed by atoms with Crippen molar-refractivity contribution >= 4 is 17.0 Å². The van der Waals surface area contributed by atoms with Crippen molar-refractivity contribution < 1.29 is 4.74 Å². The van der Waals surface area contributed by atoms with Gasteiger partial charge in [-0.3, -0.25) is 0 Å². The minimum absolute atomic E-state index is 0.0942. The number of thiophene rings is 1. The molecule has 1 aliphatic heterocycles. The van der Waals surface area contributed by atoms with E-state index in [9.17, 15) is 0 Å². The van der Waals surface area contributed by atoms with Gasteiger partial charge in [0.25, 0.3) is 0 Å². The molecule has 4 heteroatoms. The quantitative estimate of drug-likeness (QED) is 0.862. The molecule has 2 rings (SSSR count). The van der Waals surface area contributed by atoms with Gasteiger partial charge in [0.1, 0.15) is 0 Å². The second-order valence-electron chi connectivity index (χ2n) is 5.11. The lowest BCUT2D eigenvalue weighted by molar-refractivity contribution is -0.0931. The second kappa shape index (κ2) is 6.04. The molecule has 1 unspecified atom stereocenters. The van der Waals surface area contributed by atoms with Gasteiger partial charge < -0.3 is 15.8 Å². The molecule has 1 fully saturated rings. The SMILES string of the molecule is CCC1(CC)CC(NCc2sccc2N)CCO1. The van der Waals surface area contributed by atoms with Crippen molar-refractivity contribution in [1.82, 2.24) is 5.32 Å². The Morgan fingerprint density at radius 2 is 2.28 bits per heavy atom. The van der Waals surface area contributed by atoms with Gasteiger partial charge in [0.05, 0.1) is 5.60 Å². The Balaban J connectivity index is 1.88. The highest BCUT2D eigenvalue weighted by Gasteiger charge is 2.34. The molecule has 0 amide bonds. The molecule has 1 atom stereocenters. The van der Waals surface area contributed by atoms with Crippen molar-refractivity contribution in [3.63, 3.8) is 0 Å². The first-order valence-electron chi connectivity index (χ1n) is 6.88. The van der Waals surface area contributed by atoms with Crippen LogP contribution in [0.2, 0.25) is 0 Å². The van der Waals surface area contributed by atoms with Crippen LogP contribution in [0.3, 0.4) is 0 Å². The van der Waals surface area contributed by atoms with Crippen molar-refractivity contribution in [2.45, 2.75) is 57.7 Å².